The average Bonchev–Trinajstić information content (AvgIpc) is 2.55. The Morgan fingerprint density at radius 3 is 2.78 bits per heavy atom. The van der Waals surface area contributed by atoms with Crippen molar-refractivity contribution in [2.45, 2.75) is 44.3 Å². The highest BCUT2D eigenvalue weighted by atomic mass is 35.5. The first kappa shape index (κ1) is 14.9. The van der Waals surface area contributed by atoms with Crippen molar-refractivity contribution in [3.63, 3.8) is 0 Å². The zero-order chi connectivity index (χ0) is 15.6. The second kappa shape index (κ2) is 6.46. The van der Waals surface area contributed by atoms with Gasteiger partial charge in [-0.1, -0.05) is 54.4 Å². The van der Waals surface area contributed by atoms with Gasteiger partial charge in [-0.15, -0.1) is 0 Å². The number of rotatable bonds is 3. The first-order valence-electron chi connectivity index (χ1n) is 8.42. The SMILES string of the molecule is Clc1cc(C2=CC3CCCC(C2)N3Cc2ccccc2)ccn1. The minimum Gasteiger partial charge on any atom is -0.289 e. The zero-order valence-corrected chi connectivity index (χ0v) is 13.9. The molecule has 1 saturated heterocycles. The number of hydrogen-bond acceptors (Lipinski definition) is 2. The molecule has 0 saturated carbocycles. The third kappa shape index (κ3) is 3.19. The second-order valence-electron chi connectivity index (χ2n) is 6.57. The standard InChI is InChI=1S/C20H21ClN2/c21-20-13-16(9-10-22-20)17-11-18-7-4-8-19(12-17)23(18)14-15-5-2-1-3-6-15/h1-3,5-6,9-11,13,18-19H,4,7-8,12,14H2. The lowest BCUT2D eigenvalue weighted by Crippen LogP contribution is -2.47. The highest BCUT2D eigenvalue weighted by Gasteiger charge is 2.34. The van der Waals surface area contributed by atoms with Crippen molar-refractivity contribution in [3.8, 4) is 0 Å². The molecule has 118 valence electrons. The largest absolute Gasteiger partial charge is 0.289 e. The van der Waals surface area contributed by atoms with Crippen molar-refractivity contribution in [3.05, 3.63) is 71.0 Å². The van der Waals surface area contributed by atoms with Gasteiger partial charge in [-0.05, 0) is 48.1 Å². The molecular weight excluding hydrogens is 304 g/mol. The van der Waals surface area contributed by atoms with E-state index in [1.54, 1.807) is 0 Å². The molecule has 23 heavy (non-hydrogen) atoms. The van der Waals surface area contributed by atoms with E-state index in [1.165, 1.54) is 36.0 Å². The molecule has 1 fully saturated rings. The van der Waals surface area contributed by atoms with E-state index in [2.05, 4.69) is 52.4 Å². The summed E-state index contributed by atoms with van der Waals surface area (Å²) >= 11 is 6.07. The van der Waals surface area contributed by atoms with Gasteiger partial charge in [0.2, 0.25) is 0 Å². The Labute approximate surface area is 142 Å². The summed E-state index contributed by atoms with van der Waals surface area (Å²) in [5, 5.41) is 0.584. The van der Waals surface area contributed by atoms with Crippen molar-refractivity contribution in [2.75, 3.05) is 0 Å². The molecule has 4 rings (SSSR count). The van der Waals surface area contributed by atoms with E-state index < -0.39 is 0 Å². The molecule has 1 aromatic carbocycles. The maximum atomic E-state index is 6.07. The van der Waals surface area contributed by atoms with Gasteiger partial charge in [0, 0.05) is 24.8 Å². The van der Waals surface area contributed by atoms with E-state index in [-0.39, 0.29) is 0 Å². The molecule has 1 aromatic heterocycles. The number of fused-ring (bicyclic) bond motifs is 2. The molecule has 2 aliphatic heterocycles. The summed E-state index contributed by atoms with van der Waals surface area (Å²) in [7, 11) is 0. The Morgan fingerprint density at radius 1 is 1.13 bits per heavy atom. The van der Waals surface area contributed by atoms with Crippen LogP contribution in [0.4, 0.5) is 0 Å². The summed E-state index contributed by atoms with van der Waals surface area (Å²) in [5.74, 6) is 0. The average molecular weight is 325 g/mol. The molecule has 0 radical (unpaired) electrons. The summed E-state index contributed by atoms with van der Waals surface area (Å²) in [5.41, 5.74) is 4.09. The number of benzene rings is 1. The van der Waals surface area contributed by atoms with E-state index in [9.17, 15) is 0 Å². The van der Waals surface area contributed by atoms with E-state index >= 15 is 0 Å². The topological polar surface area (TPSA) is 16.1 Å². The Kier molecular flexibility index (Phi) is 4.19. The number of halogens is 1. The van der Waals surface area contributed by atoms with E-state index in [0.29, 0.717) is 17.2 Å². The van der Waals surface area contributed by atoms with Crippen LogP contribution in [0, 0.1) is 0 Å². The molecule has 3 heterocycles. The molecule has 0 N–H and O–H groups in total. The van der Waals surface area contributed by atoms with Crippen molar-refractivity contribution >= 4 is 17.2 Å². The molecule has 2 aromatic rings. The van der Waals surface area contributed by atoms with Crippen molar-refractivity contribution < 1.29 is 0 Å². The normalized spacial score (nSPS) is 24.3. The summed E-state index contributed by atoms with van der Waals surface area (Å²) in [6.07, 6.45) is 9.27. The Balaban J connectivity index is 1.60. The van der Waals surface area contributed by atoms with Gasteiger partial charge in [-0.3, -0.25) is 4.90 Å². The maximum Gasteiger partial charge on any atom is 0.129 e. The minimum atomic E-state index is 0.546. The van der Waals surface area contributed by atoms with Crippen LogP contribution in [0.5, 0.6) is 0 Å². The molecule has 2 atom stereocenters. The second-order valence-corrected chi connectivity index (χ2v) is 6.96. The van der Waals surface area contributed by atoms with Gasteiger partial charge in [-0.25, -0.2) is 4.98 Å². The number of hydrogen-bond donors (Lipinski definition) is 0. The monoisotopic (exact) mass is 324 g/mol. The Bertz CT molecular complexity index is 711. The number of aromatic nitrogens is 1. The van der Waals surface area contributed by atoms with Crippen LogP contribution in [0.2, 0.25) is 5.15 Å². The lowest BCUT2D eigenvalue weighted by molar-refractivity contribution is 0.0951. The zero-order valence-electron chi connectivity index (χ0n) is 13.2. The molecule has 2 bridgehead atoms. The van der Waals surface area contributed by atoms with Crippen molar-refractivity contribution in [2.24, 2.45) is 0 Å². The molecule has 2 unspecified atom stereocenters. The predicted molar refractivity (Wildman–Crippen MR) is 95.3 cm³/mol. The number of piperidine rings is 1. The molecular formula is C20H21ClN2. The van der Waals surface area contributed by atoms with Gasteiger partial charge >= 0.3 is 0 Å². The lowest BCUT2D eigenvalue weighted by atomic mass is 9.82. The van der Waals surface area contributed by atoms with Crippen molar-refractivity contribution in [1.82, 2.24) is 9.88 Å². The fraction of sp³-hybridized carbons (Fsp3) is 0.350. The van der Waals surface area contributed by atoms with Crippen LogP contribution in [0.25, 0.3) is 5.57 Å². The van der Waals surface area contributed by atoms with E-state index in [0.717, 1.165) is 13.0 Å². The molecule has 2 nitrogen and oxygen atoms in total. The Morgan fingerprint density at radius 2 is 2.00 bits per heavy atom. The van der Waals surface area contributed by atoms with Crippen LogP contribution in [0.15, 0.2) is 54.7 Å². The van der Waals surface area contributed by atoms with Gasteiger partial charge in [0.15, 0.2) is 0 Å². The highest BCUT2D eigenvalue weighted by molar-refractivity contribution is 6.29. The lowest BCUT2D eigenvalue weighted by Gasteiger charge is -2.45. The molecule has 0 amide bonds. The quantitative estimate of drug-likeness (QED) is 0.743. The summed E-state index contributed by atoms with van der Waals surface area (Å²) in [6, 6.07) is 16.1. The van der Waals surface area contributed by atoms with Gasteiger partial charge in [-0.2, -0.15) is 0 Å². The Hall–Kier alpha value is -1.64. The van der Waals surface area contributed by atoms with E-state index in [1.807, 2.05) is 12.3 Å². The smallest absolute Gasteiger partial charge is 0.129 e. The van der Waals surface area contributed by atoms with Crippen LogP contribution in [0.3, 0.4) is 0 Å². The molecule has 2 aliphatic rings. The van der Waals surface area contributed by atoms with Crippen LogP contribution in [0.1, 0.15) is 36.8 Å². The van der Waals surface area contributed by atoms with Gasteiger partial charge in [0.05, 0.1) is 0 Å². The van der Waals surface area contributed by atoms with Gasteiger partial charge in [0.1, 0.15) is 5.15 Å². The van der Waals surface area contributed by atoms with Gasteiger partial charge in [0.25, 0.3) is 0 Å². The number of nitrogens with zero attached hydrogens (tertiary/aromatic N) is 2. The first-order chi connectivity index (χ1) is 11.3. The summed E-state index contributed by atoms with van der Waals surface area (Å²) in [6.45, 7) is 1.05. The summed E-state index contributed by atoms with van der Waals surface area (Å²) in [4.78, 5) is 6.79. The summed E-state index contributed by atoms with van der Waals surface area (Å²) < 4.78 is 0. The fourth-order valence-corrected chi connectivity index (χ4v) is 4.15. The molecule has 0 spiro atoms. The third-order valence-corrected chi connectivity index (χ3v) is 5.29. The van der Waals surface area contributed by atoms with Crippen molar-refractivity contribution in [1.29, 1.82) is 0 Å². The highest BCUT2D eigenvalue weighted by Crippen LogP contribution is 2.38. The van der Waals surface area contributed by atoms with Crippen LogP contribution < -0.4 is 0 Å². The van der Waals surface area contributed by atoms with E-state index in [4.69, 9.17) is 11.6 Å². The predicted octanol–water partition coefficient (Wildman–Crippen LogP) is 4.95. The third-order valence-electron chi connectivity index (χ3n) is 5.09. The maximum absolute atomic E-state index is 6.07. The first-order valence-corrected chi connectivity index (χ1v) is 8.80. The molecule has 0 aliphatic carbocycles. The van der Waals surface area contributed by atoms with Gasteiger partial charge < -0.3 is 0 Å². The van der Waals surface area contributed by atoms with Crippen LogP contribution in [-0.2, 0) is 6.54 Å². The van der Waals surface area contributed by atoms with Crippen LogP contribution in [-0.4, -0.2) is 22.0 Å². The van der Waals surface area contributed by atoms with Crippen LogP contribution >= 0.6 is 11.6 Å². The fourth-order valence-electron chi connectivity index (χ4n) is 3.97. The molecule has 3 heteroatoms. The minimum absolute atomic E-state index is 0.546. The number of pyridine rings is 1.